The normalized spacial score (nSPS) is 15.8. The minimum Gasteiger partial charge on any atom is -0.342 e. The van der Waals surface area contributed by atoms with Crippen molar-refractivity contribution in [2.24, 2.45) is 5.11 Å². The van der Waals surface area contributed by atoms with Gasteiger partial charge in [-0.25, -0.2) is 8.78 Å². The number of hydrogen-bond acceptors (Lipinski definition) is 2. The molecule has 1 fully saturated rings. The van der Waals surface area contributed by atoms with E-state index < -0.39 is 11.6 Å². The first kappa shape index (κ1) is 14.3. The van der Waals surface area contributed by atoms with E-state index in [1.54, 1.807) is 4.90 Å². The number of piperidine rings is 1. The molecule has 1 aliphatic heterocycles. The van der Waals surface area contributed by atoms with E-state index in [0.29, 0.717) is 25.9 Å². The Morgan fingerprint density at radius 1 is 1.40 bits per heavy atom. The van der Waals surface area contributed by atoms with Gasteiger partial charge in [-0.05, 0) is 30.0 Å². The molecule has 0 atom stereocenters. The summed E-state index contributed by atoms with van der Waals surface area (Å²) in [6.07, 6.45) is 1.14. The van der Waals surface area contributed by atoms with Crippen LogP contribution in [0.1, 0.15) is 18.4 Å². The van der Waals surface area contributed by atoms with Crippen LogP contribution >= 0.6 is 0 Å². The SMILES string of the molecule is [N-]=[N+]=NC1CCN(C(=O)Cc2ccc(F)cc2F)CC1. The summed E-state index contributed by atoms with van der Waals surface area (Å²) in [5.74, 6) is -1.56. The summed E-state index contributed by atoms with van der Waals surface area (Å²) in [6.45, 7) is 0.983. The van der Waals surface area contributed by atoms with Crippen LogP contribution in [0, 0.1) is 11.6 Å². The minimum absolute atomic E-state index is 0.0772. The van der Waals surface area contributed by atoms with Crippen molar-refractivity contribution in [1.29, 1.82) is 0 Å². The van der Waals surface area contributed by atoms with E-state index in [2.05, 4.69) is 10.0 Å². The first-order chi connectivity index (χ1) is 9.60. The quantitative estimate of drug-likeness (QED) is 0.477. The van der Waals surface area contributed by atoms with Crippen LogP contribution < -0.4 is 0 Å². The fourth-order valence-corrected chi connectivity index (χ4v) is 2.24. The lowest BCUT2D eigenvalue weighted by molar-refractivity contribution is -0.131. The average Bonchev–Trinajstić information content (AvgIpc) is 2.43. The third-order valence-corrected chi connectivity index (χ3v) is 3.39. The molecule has 0 radical (unpaired) electrons. The van der Waals surface area contributed by atoms with Gasteiger partial charge in [-0.3, -0.25) is 4.79 Å². The van der Waals surface area contributed by atoms with Gasteiger partial charge in [-0.1, -0.05) is 11.2 Å². The summed E-state index contributed by atoms with van der Waals surface area (Å²) in [6, 6.07) is 3.12. The van der Waals surface area contributed by atoms with Gasteiger partial charge in [-0.15, -0.1) is 0 Å². The van der Waals surface area contributed by atoms with Gasteiger partial charge in [-0.2, -0.15) is 0 Å². The van der Waals surface area contributed by atoms with Crippen LogP contribution in [0.3, 0.4) is 0 Å². The van der Waals surface area contributed by atoms with E-state index in [4.69, 9.17) is 5.53 Å². The van der Waals surface area contributed by atoms with Crippen LogP contribution in [-0.2, 0) is 11.2 Å². The van der Waals surface area contributed by atoms with Crippen molar-refractivity contribution in [2.75, 3.05) is 13.1 Å². The standard InChI is InChI=1S/C13H14F2N4O/c14-10-2-1-9(12(15)8-10)7-13(20)19-5-3-11(4-6-19)17-18-16/h1-2,8,11H,3-7H2. The molecule has 0 saturated carbocycles. The molecule has 1 aliphatic rings. The lowest BCUT2D eigenvalue weighted by Crippen LogP contribution is -2.40. The van der Waals surface area contributed by atoms with Crippen LogP contribution in [-0.4, -0.2) is 29.9 Å². The first-order valence-corrected chi connectivity index (χ1v) is 6.36. The van der Waals surface area contributed by atoms with Crippen LogP contribution in [0.15, 0.2) is 23.3 Å². The monoisotopic (exact) mass is 280 g/mol. The zero-order valence-electron chi connectivity index (χ0n) is 10.8. The molecular weight excluding hydrogens is 266 g/mol. The molecule has 0 N–H and O–H groups in total. The maximum Gasteiger partial charge on any atom is 0.227 e. The van der Waals surface area contributed by atoms with E-state index in [9.17, 15) is 13.6 Å². The molecule has 1 amide bonds. The van der Waals surface area contributed by atoms with Gasteiger partial charge in [0.25, 0.3) is 0 Å². The van der Waals surface area contributed by atoms with Gasteiger partial charge in [0, 0.05) is 30.1 Å². The molecule has 0 aromatic heterocycles. The number of amides is 1. The average molecular weight is 280 g/mol. The third-order valence-electron chi connectivity index (χ3n) is 3.39. The van der Waals surface area contributed by atoms with Gasteiger partial charge in [0.1, 0.15) is 11.6 Å². The molecule has 1 heterocycles. The summed E-state index contributed by atoms with van der Waals surface area (Å²) >= 11 is 0. The van der Waals surface area contributed by atoms with Crippen LogP contribution in [0.4, 0.5) is 8.78 Å². The molecular formula is C13H14F2N4O. The number of likely N-dealkylation sites (tertiary alicyclic amines) is 1. The lowest BCUT2D eigenvalue weighted by Gasteiger charge is -2.30. The molecule has 2 rings (SSSR count). The predicted molar refractivity (Wildman–Crippen MR) is 68.8 cm³/mol. The van der Waals surface area contributed by atoms with Crippen molar-refractivity contribution in [2.45, 2.75) is 25.3 Å². The largest absolute Gasteiger partial charge is 0.342 e. The molecule has 1 saturated heterocycles. The predicted octanol–water partition coefficient (Wildman–Crippen LogP) is 2.81. The smallest absolute Gasteiger partial charge is 0.227 e. The number of nitrogens with zero attached hydrogens (tertiary/aromatic N) is 4. The van der Waals surface area contributed by atoms with Gasteiger partial charge in [0.05, 0.1) is 6.42 Å². The zero-order valence-corrected chi connectivity index (χ0v) is 10.8. The fraction of sp³-hybridized carbons (Fsp3) is 0.462. The zero-order chi connectivity index (χ0) is 14.5. The first-order valence-electron chi connectivity index (χ1n) is 6.36. The number of carbonyl (C=O) groups excluding carboxylic acids is 1. The summed E-state index contributed by atoms with van der Waals surface area (Å²) in [7, 11) is 0. The van der Waals surface area contributed by atoms with Gasteiger partial charge < -0.3 is 4.90 Å². The highest BCUT2D eigenvalue weighted by molar-refractivity contribution is 5.78. The molecule has 1 aromatic carbocycles. The van der Waals surface area contributed by atoms with E-state index in [1.165, 1.54) is 6.07 Å². The van der Waals surface area contributed by atoms with Crippen molar-refractivity contribution in [3.63, 3.8) is 0 Å². The molecule has 0 bridgehead atoms. The van der Waals surface area contributed by atoms with E-state index >= 15 is 0 Å². The maximum atomic E-state index is 13.5. The van der Waals surface area contributed by atoms with E-state index in [1.807, 2.05) is 0 Å². The minimum atomic E-state index is -0.706. The second-order valence-corrected chi connectivity index (χ2v) is 4.73. The Hall–Kier alpha value is -2.14. The van der Waals surface area contributed by atoms with Crippen LogP contribution in [0.2, 0.25) is 0 Å². The third kappa shape index (κ3) is 3.45. The Bertz CT molecular complexity index is 549. The number of azide groups is 1. The number of halogens is 2. The molecule has 106 valence electrons. The molecule has 0 unspecified atom stereocenters. The second-order valence-electron chi connectivity index (χ2n) is 4.73. The van der Waals surface area contributed by atoms with Gasteiger partial charge >= 0.3 is 0 Å². The van der Waals surface area contributed by atoms with E-state index in [0.717, 1.165) is 12.1 Å². The number of rotatable bonds is 3. The fourth-order valence-electron chi connectivity index (χ4n) is 2.24. The Kier molecular flexibility index (Phi) is 4.53. The van der Waals surface area contributed by atoms with Crippen molar-refractivity contribution >= 4 is 5.91 Å². The Labute approximate surface area is 114 Å². The van der Waals surface area contributed by atoms with Crippen molar-refractivity contribution in [3.8, 4) is 0 Å². The molecule has 7 heteroatoms. The highest BCUT2D eigenvalue weighted by atomic mass is 19.1. The number of carbonyl (C=O) groups is 1. The molecule has 0 spiro atoms. The molecule has 1 aromatic rings. The summed E-state index contributed by atoms with van der Waals surface area (Å²) < 4.78 is 26.3. The Morgan fingerprint density at radius 2 is 2.10 bits per heavy atom. The van der Waals surface area contributed by atoms with Crippen molar-refractivity contribution < 1.29 is 13.6 Å². The molecule has 20 heavy (non-hydrogen) atoms. The van der Waals surface area contributed by atoms with Gasteiger partial charge in [0.2, 0.25) is 5.91 Å². The summed E-state index contributed by atoms with van der Waals surface area (Å²) in [5, 5.41) is 3.63. The summed E-state index contributed by atoms with van der Waals surface area (Å²) in [5.41, 5.74) is 8.54. The highest BCUT2D eigenvalue weighted by Gasteiger charge is 2.22. The van der Waals surface area contributed by atoms with Crippen molar-refractivity contribution in [1.82, 2.24) is 4.90 Å². The number of benzene rings is 1. The summed E-state index contributed by atoms with van der Waals surface area (Å²) in [4.78, 5) is 16.4. The number of hydrogen-bond donors (Lipinski definition) is 0. The topological polar surface area (TPSA) is 69.1 Å². The van der Waals surface area contributed by atoms with Crippen LogP contribution in [0.5, 0.6) is 0 Å². The molecule has 5 nitrogen and oxygen atoms in total. The lowest BCUT2D eigenvalue weighted by atomic mass is 10.0. The Balaban J connectivity index is 1.94. The second kappa shape index (κ2) is 6.34. The molecule has 0 aliphatic carbocycles. The van der Waals surface area contributed by atoms with Gasteiger partial charge in [0.15, 0.2) is 0 Å². The highest BCUT2D eigenvalue weighted by Crippen LogP contribution is 2.16. The van der Waals surface area contributed by atoms with Crippen LogP contribution in [0.25, 0.3) is 10.4 Å². The van der Waals surface area contributed by atoms with Crippen molar-refractivity contribution in [3.05, 3.63) is 45.8 Å². The Morgan fingerprint density at radius 3 is 2.70 bits per heavy atom. The maximum absolute atomic E-state index is 13.5. The van der Waals surface area contributed by atoms with E-state index in [-0.39, 0.29) is 23.9 Å².